The van der Waals surface area contributed by atoms with Crippen LogP contribution in [0.4, 0.5) is 0 Å². The Bertz CT molecular complexity index is 290. The van der Waals surface area contributed by atoms with Crippen molar-refractivity contribution >= 4 is 11.9 Å². The van der Waals surface area contributed by atoms with Gasteiger partial charge in [0.1, 0.15) is 11.9 Å². The number of allylic oxidation sites excluding steroid dienone is 2. The molecule has 2 heteroatoms. The minimum absolute atomic E-state index is 0.0543. The molecule has 0 radical (unpaired) electrons. The lowest BCUT2D eigenvalue weighted by Gasteiger charge is -2.27. The van der Waals surface area contributed by atoms with Crippen molar-refractivity contribution in [3.05, 3.63) is 12.2 Å². The summed E-state index contributed by atoms with van der Waals surface area (Å²) >= 11 is 0. The Labute approximate surface area is 105 Å². The molecule has 0 aliphatic rings. The first-order valence-electron chi connectivity index (χ1n) is 6.39. The van der Waals surface area contributed by atoms with Gasteiger partial charge in [0, 0.05) is 12.2 Å². The maximum absolute atomic E-state index is 10.5. The van der Waals surface area contributed by atoms with E-state index in [1.807, 2.05) is 11.9 Å². The van der Waals surface area contributed by atoms with E-state index in [1.165, 1.54) is 0 Å². The minimum Gasteiger partial charge on any atom is -0.234 e. The maximum Gasteiger partial charge on any atom is 0.120 e. The number of hydrogen-bond donors (Lipinski definition) is 0. The van der Waals surface area contributed by atoms with Crippen molar-refractivity contribution in [1.82, 2.24) is 0 Å². The molecule has 0 amide bonds. The van der Waals surface area contributed by atoms with Gasteiger partial charge in [0.05, 0.1) is 0 Å². The molecule has 0 aromatic carbocycles. The summed E-state index contributed by atoms with van der Waals surface area (Å²) in [5, 5.41) is 0. The highest BCUT2D eigenvalue weighted by Gasteiger charge is 2.23. The van der Waals surface area contributed by atoms with Crippen molar-refractivity contribution in [1.29, 1.82) is 0 Å². The number of hydrogen-bond acceptors (Lipinski definition) is 2. The quantitative estimate of drug-likeness (QED) is 0.601. The van der Waals surface area contributed by atoms with E-state index >= 15 is 0 Å². The van der Waals surface area contributed by atoms with Crippen LogP contribution in [-0.2, 0) is 9.59 Å². The highest BCUT2D eigenvalue weighted by Crippen LogP contribution is 2.34. The Morgan fingerprint density at radius 2 is 1.24 bits per heavy atom. The van der Waals surface area contributed by atoms with E-state index in [1.54, 1.807) is 12.2 Å². The summed E-state index contributed by atoms with van der Waals surface area (Å²) in [6.45, 7) is 8.32. The average molecular weight is 236 g/mol. The lowest BCUT2D eigenvalue weighted by atomic mass is 9.77. The molecule has 0 aliphatic carbocycles. The molecule has 0 saturated heterocycles. The van der Waals surface area contributed by atoms with Gasteiger partial charge in [-0.2, -0.15) is 0 Å². The zero-order valence-electron chi connectivity index (χ0n) is 11.5. The average Bonchev–Trinajstić information content (AvgIpc) is 2.30. The van der Waals surface area contributed by atoms with Gasteiger partial charge in [-0.3, -0.25) is 0 Å². The van der Waals surface area contributed by atoms with Crippen LogP contribution in [-0.4, -0.2) is 11.9 Å². The summed E-state index contributed by atoms with van der Waals surface area (Å²) in [5.41, 5.74) is -0.109. The van der Waals surface area contributed by atoms with Gasteiger partial charge in [0.15, 0.2) is 0 Å². The van der Waals surface area contributed by atoms with Gasteiger partial charge in [0.2, 0.25) is 0 Å². The lowest BCUT2D eigenvalue weighted by molar-refractivity contribution is 0.305. The largest absolute Gasteiger partial charge is 0.234 e. The first kappa shape index (κ1) is 15.9. The smallest absolute Gasteiger partial charge is 0.120 e. The predicted molar refractivity (Wildman–Crippen MR) is 71.2 cm³/mol. The molecule has 0 heterocycles. The summed E-state index contributed by atoms with van der Waals surface area (Å²) < 4.78 is 0. The third-order valence-electron chi connectivity index (χ3n) is 3.93. The van der Waals surface area contributed by atoms with Crippen LogP contribution in [0.3, 0.4) is 0 Å². The Kier molecular flexibility index (Phi) is 6.80. The van der Waals surface area contributed by atoms with E-state index in [9.17, 15) is 9.59 Å². The Hall–Kier alpha value is -1.10. The van der Waals surface area contributed by atoms with Gasteiger partial charge in [-0.05, 0) is 36.5 Å². The summed E-state index contributed by atoms with van der Waals surface area (Å²) in [4.78, 5) is 20.9. The van der Waals surface area contributed by atoms with Gasteiger partial charge in [-0.1, -0.05) is 34.1 Å². The fourth-order valence-electron chi connectivity index (χ4n) is 1.88. The predicted octanol–water partition coefficient (Wildman–Crippen LogP) is 3.76. The van der Waals surface area contributed by atoms with Crippen LogP contribution in [0.25, 0.3) is 0 Å². The molecule has 0 saturated carbocycles. The molecule has 0 fully saturated rings. The molecule has 0 spiro atoms. The lowest BCUT2D eigenvalue weighted by Crippen LogP contribution is -2.16. The molecule has 2 unspecified atom stereocenters. The first-order valence-corrected chi connectivity index (χ1v) is 6.39. The standard InChI is InChI=1S/C15H24O2/c1-5-14(3,10-12-16)8-7-9-15(4,6-2)11-13-17/h10-11H,5-9H2,1-4H3. The monoisotopic (exact) mass is 236 g/mol. The third-order valence-corrected chi connectivity index (χ3v) is 3.93. The topological polar surface area (TPSA) is 34.1 Å². The zero-order chi connectivity index (χ0) is 13.4. The molecular weight excluding hydrogens is 212 g/mol. The van der Waals surface area contributed by atoms with Crippen LogP contribution < -0.4 is 0 Å². The van der Waals surface area contributed by atoms with Crippen LogP contribution in [0, 0.1) is 10.8 Å². The molecule has 0 aromatic rings. The van der Waals surface area contributed by atoms with Crippen molar-refractivity contribution in [3.8, 4) is 0 Å². The molecule has 2 atom stereocenters. The molecule has 0 aliphatic heterocycles. The van der Waals surface area contributed by atoms with Gasteiger partial charge >= 0.3 is 0 Å². The maximum atomic E-state index is 10.5. The second kappa shape index (κ2) is 7.27. The molecular formula is C15H24O2. The Balaban J connectivity index is 4.39. The van der Waals surface area contributed by atoms with Gasteiger partial charge in [-0.15, -0.1) is 0 Å². The molecule has 17 heavy (non-hydrogen) atoms. The fourth-order valence-corrected chi connectivity index (χ4v) is 1.88. The summed E-state index contributed by atoms with van der Waals surface area (Å²) in [5.74, 6) is 3.80. The van der Waals surface area contributed by atoms with E-state index in [0.29, 0.717) is 0 Å². The van der Waals surface area contributed by atoms with E-state index in [4.69, 9.17) is 0 Å². The van der Waals surface area contributed by atoms with Crippen LogP contribution in [0.5, 0.6) is 0 Å². The molecule has 2 nitrogen and oxygen atoms in total. The molecule has 0 N–H and O–H groups in total. The molecule has 0 bridgehead atoms. The summed E-state index contributed by atoms with van der Waals surface area (Å²) in [7, 11) is 0. The van der Waals surface area contributed by atoms with E-state index in [-0.39, 0.29) is 10.8 Å². The van der Waals surface area contributed by atoms with Crippen molar-refractivity contribution in [3.63, 3.8) is 0 Å². The van der Waals surface area contributed by atoms with Crippen molar-refractivity contribution in [2.75, 3.05) is 0 Å². The normalized spacial score (nSPS) is 17.2. The van der Waals surface area contributed by atoms with Crippen LogP contribution in [0.2, 0.25) is 0 Å². The second-order valence-electron chi connectivity index (χ2n) is 5.39. The van der Waals surface area contributed by atoms with Crippen LogP contribution in [0.15, 0.2) is 12.2 Å². The van der Waals surface area contributed by atoms with Crippen LogP contribution in [0.1, 0.15) is 59.8 Å². The zero-order valence-corrected chi connectivity index (χ0v) is 11.5. The highest BCUT2D eigenvalue weighted by atomic mass is 16.1. The van der Waals surface area contributed by atoms with Crippen molar-refractivity contribution < 1.29 is 9.59 Å². The van der Waals surface area contributed by atoms with Crippen LogP contribution >= 0.6 is 0 Å². The van der Waals surface area contributed by atoms with E-state index in [2.05, 4.69) is 27.7 Å². The fraction of sp³-hybridized carbons (Fsp3) is 0.733. The van der Waals surface area contributed by atoms with Gasteiger partial charge in [-0.25, -0.2) is 9.59 Å². The van der Waals surface area contributed by atoms with E-state index < -0.39 is 0 Å². The van der Waals surface area contributed by atoms with Gasteiger partial charge < -0.3 is 0 Å². The second-order valence-corrected chi connectivity index (χ2v) is 5.39. The Morgan fingerprint density at radius 1 is 0.882 bits per heavy atom. The van der Waals surface area contributed by atoms with Crippen molar-refractivity contribution in [2.45, 2.75) is 59.8 Å². The highest BCUT2D eigenvalue weighted by molar-refractivity contribution is 5.47. The van der Waals surface area contributed by atoms with E-state index in [0.717, 1.165) is 32.1 Å². The molecule has 0 aromatic heterocycles. The summed E-state index contributed by atoms with van der Waals surface area (Å²) in [6.07, 6.45) is 8.06. The third kappa shape index (κ3) is 5.68. The number of rotatable bonds is 8. The summed E-state index contributed by atoms with van der Waals surface area (Å²) in [6, 6.07) is 0. The minimum atomic E-state index is -0.0543. The van der Waals surface area contributed by atoms with Crippen molar-refractivity contribution in [2.24, 2.45) is 10.8 Å². The number of carbonyl (C=O) groups excluding carboxylic acids is 2. The molecule has 0 rings (SSSR count). The molecule has 96 valence electrons. The first-order chi connectivity index (χ1) is 7.95. The Morgan fingerprint density at radius 3 is 1.47 bits per heavy atom. The SMILES string of the molecule is CCC(C)(C=C=O)CCCC(C)(C=C=O)CC. The van der Waals surface area contributed by atoms with Gasteiger partial charge in [0.25, 0.3) is 0 Å².